The summed E-state index contributed by atoms with van der Waals surface area (Å²) in [5.41, 5.74) is 2.38. The number of H-pyrrole nitrogens is 1. The van der Waals surface area contributed by atoms with Crippen LogP contribution in [0.2, 0.25) is 5.15 Å². The predicted molar refractivity (Wildman–Crippen MR) is 64.7 cm³/mol. The van der Waals surface area contributed by atoms with Crippen molar-refractivity contribution in [2.24, 2.45) is 0 Å². The summed E-state index contributed by atoms with van der Waals surface area (Å²) in [6.45, 7) is 2.07. The average molecular weight is 235 g/mol. The SMILES string of the molecule is CCc1cccc(-c2cc(Cl)n[nH]c2=O)c1. The minimum atomic E-state index is -0.224. The monoisotopic (exact) mass is 234 g/mol. The number of aromatic nitrogens is 2. The first kappa shape index (κ1) is 10.9. The van der Waals surface area contributed by atoms with Crippen LogP contribution in [0.25, 0.3) is 11.1 Å². The minimum absolute atomic E-state index is 0.224. The number of halogens is 1. The summed E-state index contributed by atoms with van der Waals surface area (Å²) in [7, 11) is 0. The third kappa shape index (κ3) is 2.14. The van der Waals surface area contributed by atoms with Gasteiger partial charge in [-0.05, 0) is 23.6 Å². The van der Waals surface area contributed by atoms with Crippen molar-refractivity contribution in [2.75, 3.05) is 0 Å². The first-order chi connectivity index (χ1) is 7.70. The molecule has 0 radical (unpaired) electrons. The van der Waals surface area contributed by atoms with Crippen LogP contribution in [0.15, 0.2) is 35.1 Å². The lowest BCUT2D eigenvalue weighted by molar-refractivity contribution is 0.992. The van der Waals surface area contributed by atoms with Crippen LogP contribution in [0, 0.1) is 0 Å². The maximum absolute atomic E-state index is 11.6. The van der Waals surface area contributed by atoms with Crippen molar-refractivity contribution in [3.63, 3.8) is 0 Å². The van der Waals surface area contributed by atoms with Gasteiger partial charge < -0.3 is 0 Å². The fraction of sp³-hybridized carbons (Fsp3) is 0.167. The molecule has 1 aromatic carbocycles. The number of nitrogens with one attached hydrogen (secondary N) is 1. The lowest BCUT2D eigenvalue weighted by Crippen LogP contribution is -2.10. The molecule has 0 spiro atoms. The average Bonchev–Trinajstić information content (AvgIpc) is 2.32. The minimum Gasteiger partial charge on any atom is -0.267 e. The van der Waals surface area contributed by atoms with Crippen LogP contribution in [0.1, 0.15) is 12.5 Å². The zero-order chi connectivity index (χ0) is 11.5. The van der Waals surface area contributed by atoms with E-state index >= 15 is 0 Å². The molecule has 0 bridgehead atoms. The Balaban J connectivity index is 2.58. The molecular formula is C12H11ClN2O. The van der Waals surface area contributed by atoms with E-state index in [1.165, 1.54) is 5.56 Å². The van der Waals surface area contributed by atoms with Gasteiger partial charge in [-0.3, -0.25) is 4.79 Å². The molecular weight excluding hydrogens is 224 g/mol. The molecule has 1 heterocycles. The van der Waals surface area contributed by atoms with E-state index in [1.54, 1.807) is 6.07 Å². The van der Waals surface area contributed by atoms with Gasteiger partial charge in [0.25, 0.3) is 5.56 Å². The number of aryl methyl sites for hydroxylation is 1. The Morgan fingerprint density at radius 3 is 2.94 bits per heavy atom. The topological polar surface area (TPSA) is 45.8 Å². The van der Waals surface area contributed by atoms with Gasteiger partial charge in [0, 0.05) is 0 Å². The highest BCUT2D eigenvalue weighted by Gasteiger charge is 2.05. The molecule has 2 rings (SSSR count). The molecule has 0 atom stereocenters. The number of hydrogen-bond acceptors (Lipinski definition) is 2. The second-order valence-corrected chi connectivity index (χ2v) is 3.87. The molecule has 2 aromatic rings. The van der Waals surface area contributed by atoms with E-state index in [-0.39, 0.29) is 10.7 Å². The third-order valence-corrected chi connectivity index (χ3v) is 2.61. The third-order valence-electron chi connectivity index (χ3n) is 2.42. The molecule has 0 amide bonds. The Labute approximate surface area is 98.1 Å². The summed E-state index contributed by atoms with van der Waals surface area (Å²) >= 11 is 5.76. The quantitative estimate of drug-likeness (QED) is 0.868. The second kappa shape index (κ2) is 4.49. The molecule has 0 aliphatic heterocycles. The molecule has 0 saturated carbocycles. The summed E-state index contributed by atoms with van der Waals surface area (Å²) in [5, 5.41) is 6.29. The van der Waals surface area contributed by atoms with Crippen LogP contribution in [0.4, 0.5) is 0 Å². The number of nitrogens with zero attached hydrogens (tertiary/aromatic N) is 1. The Hall–Kier alpha value is -1.61. The van der Waals surface area contributed by atoms with Crippen molar-refractivity contribution in [1.82, 2.24) is 10.2 Å². The van der Waals surface area contributed by atoms with Crippen molar-refractivity contribution in [1.29, 1.82) is 0 Å². The standard InChI is InChI=1S/C12H11ClN2O/c1-2-8-4-3-5-9(6-8)10-7-11(13)14-15-12(10)16/h3-7H,2H2,1H3,(H,15,16). The number of rotatable bonds is 2. The normalized spacial score (nSPS) is 10.4. The van der Waals surface area contributed by atoms with Crippen molar-refractivity contribution >= 4 is 11.6 Å². The smallest absolute Gasteiger partial charge is 0.267 e. The molecule has 4 heteroatoms. The molecule has 1 aromatic heterocycles. The summed E-state index contributed by atoms with van der Waals surface area (Å²) in [6, 6.07) is 9.42. The van der Waals surface area contributed by atoms with Crippen LogP contribution in [0.5, 0.6) is 0 Å². The first-order valence-electron chi connectivity index (χ1n) is 5.05. The first-order valence-corrected chi connectivity index (χ1v) is 5.43. The number of benzene rings is 1. The molecule has 0 unspecified atom stereocenters. The van der Waals surface area contributed by atoms with Gasteiger partial charge in [-0.15, -0.1) is 0 Å². The lowest BCUT2D eigenvalue weighted by Gasteiger charge is -2.03. The van der Waals surface area contributed by atoms with E-state index in [0.29, 0.717) is 5.56 Å². The van der Waals surface area contributed by atoms with Gasteiger partial charge >= 0.3 is 0 Å². The lowest BCUT2D eigenvalue weighted by atomic mass is 10.0. The van der Waals surface area contributed by atoms with Gasteiger partial charge in [0.05, 0.1) is 5.56 Å². The van der Waals surface area contributed by atoms with Crippen LogP contribution in [-0.2, 0) is 6.42 Å². The fourth-order valence-electron chi connectivity index (χ4n) is 1.55. The summed E-state index contributed by atoms with van der Waals surface area (Å²) in [6.07, 6.45) is 0.935. The van der Waals surface area contributed by atoms with Crippen molar-refractivity contribution in [2.45, 2.75) is 13.3 Å². The molecule has 3 nitrogen and oxygen atoms in total. The predicted octanol–water partition coefficient (Wildman–Crippen LogP) is 2.65. The van der Waals surface area contributed by atoms with Gasteiger partial charge in [0.1, 0.15) is 5.15 Å². The van der Waals surface area contributed by atoms with Crippen LogP contribution in [0.3, 0.4) is 0 Å². The largest absolute Gasteiger partial charge is 0.272 e. The van der Waals surface area contributed by atoms with Gasteiger partial charge in [0.2, 0.25) is 0 Å². The van der Waals surface area contributed by atoms with Crippen molar-refractivity contribution in [3.05, 3.63) is 51.4 Å². The zero-order valence-corrected chi connectivity index (χ0v) is 9.58. The zero-order valence-electron chi connectivity index (χ0n) is 8.83. The fourth-order valence-corrected chi connectivity index (χ4v) is 1.71. The molecule has 0 fully saturated rings. The van der Waals surface area contributed by atoms with E-state index in [9.17, 15) is 4.79 Å². The maximum atomic E-state index is 11.6. The summed E-state index contributed by atoms with van der Waals surface area (Å²) in [5.74, 6) is 0. The maximum Gasteiger partial charge on any atom is 0.272 e. The van der Waals surface area contributed by atoms with Gasteiger partial charge in [-0.2, -0.15) is 5.10 Å². The van der Waals surface area contributed by atoms with Crippen LogP contribution >= 0.6 is 11.6 Å². The van der Waals surface area contributed by atoms with Crippen molar-refractivity contribution in [3.8, 4) is 11.1 Å². The van der Waals surface area contributed by atoms with E-state index in [2.05, 4.69) is 17.1 Å². The highest BCUT2D eigenvalue weighted by atomic mass is 35.5. The van der Waals surface area contributed by atoms with E-state index < -0.39 is 0 Å². The van der Waals surface area contributed by atoms with Gasteiger partial charge in [-0.25, -0.2) is 5.10 Å². The second-order valence-electron chi connectivity index (χ2n) is 3.49. The molecule has 82 valence electrons. The molecule has 1 N–H and O–H groups in total. The van der Waals surface area contributed by atoms with Crippen molar-refractivity contribution < 1.29 is 0 Å². The van der Waals surface area contributed by atoms with E-state index in [1.807, 2.05) is 24.3 Å². The van der Waals surface area contributed by atoms with Crippen LogP contribution in [-0.4, -0.2) is 10.2 Å². The Morgan fingerprint density at radius 2 is 2.19 bits per heavy atom. The number of aromatic amines is 1. The Morgan fingerprint density at radius 1 is 1.38 bits per heavy atom. The highest BCUT2D eigenvalue weighted by Crippen LogP contribution is 2.18. The molecule has 0 saturated heterocycles. The van der Waals surface area contributed by atoms with E-state index in [4.69, 9.17) is 11.6 Å². The molecule has 16 heavy (non-hydrogen) atoms. The molecule has 0 aliphatic rings. The Kier molecular flexibility index (Phi) is 3.06. The number of hydrogen-bond donors (Lipinski definition) is 1. The highest BCUT2D eigenvalue weighted by molar-refractivity contribution is 6.29. The van der Waals surface area contributed by atoms with Gasteiger partial charge in [-0.1, -0.05) is 42.8 Å². The van der Waals surface area contributed by atoms with Crippen LogP contribution < -0.4 is 5.56 Å². The van der Waals surface area contributed by atoms with Gasteiger partial charge in [0.15, 0.2) is 0 Å². The van der Waals surface area contributed by atoms with E-state index in [0.717, 1.165) is 12.0 Å². The molecule has 0 aliphatic carbocycles. The summed E-state index contributed by atoms with van der Waals surface area (Å²) < 4.78 is 0. The Bertz CT molecular complexity index is 563. The summed E-state index contributed by atoms with van der Waals surface area (Å²) in [4.78, 5) is 11.6.